The summed E-state index contributed by atoms with van der Waals surface area (Å²) in [6, 6.07) is 2.46. The van der Waals surface area contributed by atoms with Gasteiger partial charge in [0, 0.05) is 12.6 Å². The van der Waals surface area contributed by atoms with E-state index in [-0.39, 0.29) is 24.4 Å². The first kappa shape index (κ1) is 13.1. The predicted molar refractivity (Wildman–Crippen MR) is 49.8 cm³/mol. The molecule has 0 aliphatic heterocycles. The van der Waals surface area contributed by atoms with E-state index in [0.29, 0.717) is 0 Å². The van der Waals surface area contributed by atoms with Crippen molar-refractivity contribution in [3.63, 3.8) is 0 Å². The van der Waals surface area contributed by atoms with Crippen LogP contribution in [0.3, 0.4) is 0 Å². The van der Waals surface area contributed by atoms with Gasteiger partial charge in [-0.2, -0.15) is 5.26 Å². The molecule has 0 bridgehead atoms. The van der Waals surface area contributed by atoms with Crippen molar-refractivity contribution in [1.82, 2.24) is 4.98 Å². The van der Waals surface area contributed by atoms with Crippen LogP contribution >= 0.6 is 0 Å². The molecule has 1 heterocycles. The van der Waals surface area contributed by atoms with E-state index in [4.69, 9.17) is 11.0 Å². The fourth-order valence-corrected chi connectivity index (χ4v) is 1.13. The van der Waals surface area contributed by atoms with Gasteiger partial charge in [0.1, 0.15) is 5.75 Å². The van der Waals surface area contributed by atoms with Gasteiger partial charge in [0.25, 0.3) is 0 Å². The van der Waals surface area contributed by atoms with Gasteiger partial charge in [0.05, 0.1) is 23.9 Å². The number of alkyl halides is 3. The monoisotopic (exact) mass is 247 g/mol. The molecule has 0 aliphatic carbocycles. The Morgan fingerprint density at radius 2 is 2.12 bits per heavy atom. The van der Waals surface area contributed by atoms with E-state index >= 15 is 0 Å². The lowest BCUT2D eigenvalue weighted by Gasteiger charge is -2.13. The quantitative estimate of drug-likeness (QED) is 0.837. The van der Waals surface area contributed by atoms with E-state index < -0.39 is 17.9 Å². The third kappa shape index (κ3) is 3.49. The zero-order chi connectivity index (χ0) is 13.1. The van der Waals surface area contributed by atoms with Crippen molar-refractivity contribution in [3.8, 4) is 17.6 Å². The highest BCUT2D eigenvalue weighted by atomic mass is 19.4. The van der Waals surface area contributed by atoms with Crippen molar-refractivity contribution in [1.29, 1.82) is 5.26 Å². The lowest BCUT2D eigenvalue weighted by Crippen LogP contribution is -2.19. The van der Waals surface area contributed by atoms with E-state index in [1.807, 2.05) is 0 Å². The van der Waals surface area contributed by atoms with Gasteiger partial charge in [-0.25, -0.2) is 4.98 Å². The summed E-state index contributed by atoms with van der Waals surface area (Å²) >= 11 is 0. The highest BCUT2D eigenvalue weighted by Crippen LogP contribution is 2.30. The fraction of sp³-hybridized carbons (Fsp3) is 0.333. The Kier molecular flexibility index (Phi) is 3.75. The van der Waals surface area contributed by atoms with Crippen LogP contribution in [0.4, 0.5) is 13.2 Å². The SMILES string of the molecule is N#CCc1nc(CN)c(OC(F)(F)F)cc1O. The minimum atomic E-state index is -4.89. The molecular weight excluding hydrogens is 239 g/mol. The molecule has 92 valence electrons. The number of aromatic nitrogens is 1. The minimum absolute atomic E-state index is 0.0394. The van der Waals surface area contributed by atoms with Gasteiger partial charge in [-0.1, -0.05) is 0 Å². The van der Waals surface area contributed by atoms with Gasteiger partial charge in [-0.05, 0) is 0 Å². The molecule has 0 unspecified atom stereocenters. The third-order valence-corrected chi connectivity index (χ3v) is 1.78. The van der Waals surface area contributed by atoms with Crippen molar-refractivity contribution in [2.75, 3.05) is 0 Å². The topological polar surface area (TPSA) is 92.2 Å². The maximum atomic E-state index is 12.0. The van der Waals surface area contributed by atoms with Gasteiger partial charge in [-0.3, -0.25) is 0 Å². The van der Waals surface area contributed by atoms with Gasteiger partial charge in [0.15, 0.2) is 5.75 Å². The summed E-state index contributed by atoms with van der Waals surface area (Å²) in [6.07, 6.45) is -5.13. The number of nitrogens with two attached hydrogens (primary N) is 1. The molecule has 1 aromatic rings. The summed E-state index contributed by atoms with van der Waals surface area (Å²) in [5, 5.41) is 17.8. The molecule has 0 atom stereocenters. The molecule has 0 fully saturated rings. The molecule has 0 saturated carbocycles. The Morgan fingerprint density at radius 1 is 1.47 bits per heavy atom. The Morgan fingerprint density at radius 3 is 2.59 bits per heavy atom. The first-order valence-electron chi connectivity index (χ1n) is 4.42. The van der Waals surface area contributed by atoms with Crippen molar-refractivity contribution < 1.29 is 23.0 Å². The van der Waals surface area contributed by atoms with Crippen molar-refractivity contribution in [2.24, 2.45) is 5.73 Å². The summed E-state index contributed by atoms with van der Waals surface area (Å²) in [4.78, 5) is 3.64. The average molecular weight is 247 g/mol. The van der Waals surface area contributed by atoms with Crippen molar-refractivity contribution in [3.05, 3.63) is 17.5 Å². The number of halogens is 3. The lowest BCUT2D eigenvalue weighted by molar-refractivity contribution is -0.275. The normalized spacial score (nSPS) is 11.0. The highest BCUT2D eigenvalue weighted by molar-refractivity contribution is 5.40. The van der Waals surface area contributed by atoms with Gasteiger partial charge in [0.2, 0.25) is 0 Å². The van der Waals surface area contributed by atoms with Crippen LogP contribution in [-0.2, 0) is 13.0 Å². The van der Waals surface area contributed by atoms with E-state index in [1.54, 1.807) is 6.07 Å². The smallest absolute Gasteiger partial charge is 0.506 e. The second-order valence-corrected chi connectivity index (χ2v) is 2.99. The summed E-state index contributed by atoms with van der Waals surface area (Å²) < 4.78 is 39.7. The molecule has 3 N–H and O–H groups in total. The molecule has 17 heavy (non-hydrogen) atoms. The molecule has 1 aromatic heterocycles. The second kappa shape index (κ2) is 4.88. The molecule has 0 amide bonds. The first-order chi connectivity index (χ1) is 7.87. The number of aromatic hydroxyl groups is 1. The second-order valence-electron chi connectivity index (χ2n) is 2.99. The van der Waals surface area contributed by atoms with Crippen molar-refractivity contribution >= 4 is 0 Å². The maximum Gasteiger partial charge on any atom is 0.573 e. The summed E-state index contributed by atoms with van der Waals surface area (Å²) in [6.45, 7) is -0.301. The predicted octanol–water partition coefficient (Wildman–Crippen LogP) is 1.21. The molecule has 0 aliphatic rings. The van der Waals surface area contributed by atoms with Crippen LogP contribution in [0.1, 0.15) is 11.4 Å². The minimum Gasteiger partial charge on any atom is -0.506 e. The van der Waals surface area contributed by atoms with Gasteiger partial charge in [-0.15, -0.1) is 13.2 Å². The molecule has 5 nitrogen and oxygen atoms in total. The highest BCUT2D eigenvalue weighted by Gasteiger charge is 2.32. The van der Waals surface area contributed by atoms with E-state index in [9.17, 15) is 18.3 Å². The molecular formula is C9H8F3N3O2. The van der Waals surface area contributed by atoms with E-state index in [2.05, 4.69) is 9.72 Å². The number of pyridine rings is 1. The number of hydrogen-bond donors (Lipinski definition) is 2. The van der Waals surface area contributed by atoms with Crippen LogP contribution in [0.5, 0.6) is 11.5 Å². The average Bonchev–Trinajstić information content (AvgIpc) is 2.20. The van der Waals surface area contributed by atoms with Gasteiger partial charge >= 0.3 is 6.36 Å². The molecule has 0 saturated heterocycles. The third-order valence-electron chi connectivity index (χ3n) is 1.78. The molecule has 1 rings (SSSR count). The zero-order valence-corrected chi connectivity index (χ0v) is 8.45. The number of hydrogen-bond acceptors (Lipinski definition) is 5. The number of rotatable bonds is 3. The molecule has 0 aromatic carbocycles. The zero-order valence-electron chi connectivity index (χ0n) is 8.45. The Labute approximate surface area is 94.2 Å². The summed E-state index contributed by atoms with van der Waals surface area (Å²) in [5.74, 6) is -1.21. The Bertz CT molecular complexity index is 454. The van der Waals surface area contributed by atoms with Crippen molar-refractivity contribution in [2.45, 2.75) is 19.3 Å². The standard InChI is InChI=1S/C9H8F3N3O2/c10-9(11,12)17-8-3-7(16)5(1-2-13)15-6(8)4-14/h3,16H,1,4,14H2. The Balaban J connectivity index is 3.15. The lowest BCUT2D eigenvalue weighted by atomic mass is 10.2. The van der Waals surface area contributed by atoms with E-state index in [0.717, 1.165) is 6.07 Å². The first-order valence-corrected chi connectivity index (χ1v) is 4.42. The number of ether oxygens (including phenoxy) is 1. The maximum absolute atomic E-state index is 12.0. The number of nitrogens with zero attached hydrogens (tertiary/aromatic N) is 2. The molecule has 0 spiro atoms. The fourth-order valence-electron chi connectivity index (χ4n) is 1.13. The van der Waals surface area contributed by atoms with Crippen LogP contribution in [0.2, 0.25) is 0 Å². The van der Waals surface area contributed by atoms with Crippen LogP contribution in [0.25, 0.3) is 0 Å². The van der Waals surface area contributed by atoms with Crippen LogP contribution in [0, 0.1) is 11.3 Å². The van der Waals surface area contributed by atoms with Crippen LogP contribution in [0.15, 0.2) is 6.07 Å². The van der Waals surface area contributed by atoms with Crippen LogP contribution in [-0.4, -0.2) is 16.5 Å². The largest absolute Gasteiger partial charge is 0.573 e. The summed E-state index contributed by atoms with van der Waals surface area (Å²) in [5.41, 5.74) is 5.00. The molecule has 0 radical (unpaired) electrons. The summed E-state index contributed by atoms with van der Waals surface area (Å²) in [7, 11) is 0. The van der Waals surface area contributed by atoms with Gasteiger partial charge < -0.3 is 15.6 Å². The Hall–Kier alpha value is -2.01. The van der Waals surface area contributed by atoms with E-state index in [1.165, 1.54) is 0 Å². The molecule has 8 heteroatoms. The van der Waals surface area contributed by atoms with Crippen LogP contribution < -0.4 is 10.5 Å². The number of nitriles is 1.